The number of nitrogens with zero attached hydrogens (tertiary/aromatic N) is 1. The molecule has 8 heteroatoms. The fraction of sp³-hybridized carbons (Fsp3) is 0.909. The van der Waals surface area contributed by atoms with Crippen molar-refractivity contribution in [2.75, 3.05) is 31.4 Å². The van der Waals surface area contributed by atoms with E-state index in [9.17, 15) is 13.2 Å². The largest absolute Gasteiger partial charge is 0.394 e. The van der Waals surface area contributed by atoms with Gasteiger partial charge >= 0.3 is 0 Å². The number of amides is 1. The van der Waals surface area contributed by atoms with Crippen molar-refractivity contribution in [2.45, 2.75) is 32.4 Å². The van der Waals surface area contributed by atoms with Gasteiger partial charge in [0.2, 0.25) is 15.9 Å². The molecular weight excluding hydrogens is 288 g/mol. The quantitative estimate of drug-likeness (QED) is 0.620. The molecule has 0 spiro atoms. The average Bonchev–Trinajstić information content (AvgIpc) is 2.40. The van der Waals surface area contributed by atoms with Gasteiger partial charge < -0.3 is 10.0 Å². The number of rotatable bonds is 9. The molecule has 0 aromatic rings. The predicted molar refractivity (Wildman–Crippen MR) is 78.7 cm³/mol. The fourth-order valence-electron chi connectivity index (χ4n) is 1.35. The lowest BCUT2D eigenvalue weighted by Crippen LogP contribution is -2.51. The van der Waals surface area contributed by atoms with Crippen LogP contribution in [0.4, 0.5) is 0 Å². The molecule has 0 bridgehead atoms. The normalized spacial score (nSPS) is 15.0. The summed E-state index contributed by atoms with van der Waals surface area (Å²) in [5.41, 5.74) is 0. The van der Waals surface area contributed by atoms with Crippen molar-refractivity contribution >= 4 is 27.7 Å². The van der Waals surface area contributed by atoms with Crippen LogP contribution in [0.2, 0.25) is 0 Å². The summed E-state index contributed by atoms with van der Waals surface area (Å²) in [7, 11) is -1.86. The molecule has 1 amide bonds. The molecule has 6 nitrogen and oxygen atoms in total. The van der Waals surface area contributed by atoms with Crippen molar-refractivity contribution in [3.63, 3.8) is 0 Å². The molecule has 2 atom stereocenters. The van der Waals surface area contributed by atoms with Gasteiger partial charge in [-0.25, -0.2) is 13.1 Å². The summed E-state index contributed by atoms with van der Waals surface area (Å²) in [6, 6.07) is -1.10. The van der Waals surface area contributed by atoms with Gasteiger partial charge in [-0.15, -0.1) is 0 Å². The van der Waals surface area contributed by atoms with E-state index in [0.717, 1.165) is 0 Å². The van der Waals surface area contributed by atoms with E-state index in [0.29, 0.717) is 12.2 Å². The highest BCUT2D eigenvalue weighted by Crippen LogP contribution is 2.07. The monoisotopic (exact) mass is 312 g/mol. The van der Waals surface area contributed by atoms with Crippen molar-refractivity contribution in [1.82, 2.24) is 9.62 Å². The van der Waals surface area contributed by atoms with Crippen LogP contribution < -0.4 is 4.72 Å². The number of thioether (sulfide) groups is 1. The Labute approximate surface area is 120 Å². The molecule has 0 aliphatic carbocycles. The maximum atomic E-state index is 12.2. The first-order valence-corrected chi connectivity index (χ1v) is 9.20. The van der Waals surface area contributed by atoms with Crippen molar-refractivity contribution in [2.24, 2.45) is 0 Å². The van der Waals surface area contributed by atoms with Gasteiger partial charge in [0.1, 0.15) is 6.04 Å². The molecule has 0 aliphatic rings. The van der Waals surface area contributed by atoms with Crippen molar-refractivity contribution in [3.8, 4) is 0 Å². The predicted octanol–water partition coefficient (Wildman–Crippen LogP) is -0.113. The molecule has 0 radical (unpaired) electrons. The number of likely N-dealkylation sites (N-methyl/N-ethyl adjacent to an activating group) is 1. The standard InChI is InChI=1S/C11H24N2O4S2/c1-5-19(16,17)12-10(6-7-18-4)11(15)13(3)9(2)8-14/h9-10,12,14H,5-8H2,1-4H3. The van der Waals surface area contributed by atoms with Gasteiger partial charge in [-0.1, -0.05) is 0 Å². The van der Waals surface area contributed by atoms with Gasteiger partial charge in [0.05, 0.1) is 18.4 Å². The molecule has 0 aliphatic heterocycles. The van der Waals surface area contributed by atoms with Crippen LogP contribution in [0.5, 0.6) is 0 Å². The minimum atomic E-state index is -3.43. The lowest BCUT2D eigenvalue weighted by Gasteiger charge is -2.28. The van der Waals surface area contributed by atoms with E-state index in [1.807, 2.05) is 6.26 Å². The van der Waals surface area contributed by atoms with Crippen LogP contribution in [0.15, 0.2) is 0 Å². The maximum absolute atomic E-state index is 12.2. The first-order chi connectivity index (χ1) is 8.79. The first-order valence-electron chi connectivity index (χ1n) is 6.15. The van der Waals surface area contributed by atoms with E-state index < -0.39 is 16.1 Å². The maximum Gasteiger partial charge on any atom is 0.240 e. The smallest absolute Gasteiger partial charge is 0.240 e. The molecule has 19 heavy (non-hydrogen) atoms. The Hall–Kier alpha value is -0.310. The Balaban J connectivity index is 4.88. The van der Waals surface area contributed by atoms with Crippen molar-refractivity contribution < 1.29 is 18.3 Å². The van der Waals surface area contributed by atoms with Gasteiger partial charge in [-0.3, -0.25) is 4.79 Å². The number of sulfonamides is 1. The van der Waals surface area contributed by atoms with E-state index >= 15 is 0 Å². The minimum absolute atomic E-state index is 0.0602. The van der Waals surface area contributed by atoms with E-state index in [2.05, 4.69) is 4.72 Å². The Morgan fingerprint density at radius 1 is 1.47 bits per heavy atom. The SMILES string of the molecule is CCS(=O)(=O)NC(CCSC)C(=O)N(C)C(C)CO. The zero-order valence-electron chi connectivity index (χ0n) is 11.9. The third kappa shape index (κ3) is 6.60. The number of aliphatic hydroxyl groups is 1. The lowest BCUT2D eigenvalue weighted by molar-refractivity contribution is -0.134. The number of hydrogen-bond acceptors (Lipinski definition) is 5. The molecule has 0 aromatic heterocycles. The van der Waals surface area contributed by atoms with E-state index in [4.69, 9.17) is 5.11 Å². The number of aliphatic hydroxyl groups excluding tert-OH is 1. The van der Waals surface area contributed by atoms with Crippen molar-refractivity contribution in [1.29, 1.82) is 0 Å². The summed E-state index contributed by atoms with van der Waals surface area (Å²) in [6.07, 6.45) is 2.33. The van der Waals surface area contributed by atoms with E-state index in [-0.39, 0.29) is 24.3 Å². The average molecular weight is 312 g/mol. The van der Waals surface area contributed by atoms with Gasteiger partial charge in [0.15, 0.2) is 0 Å². The van der Waals surface area contributed by atoms with Crippen molar-refractivity contribution in [3.05, 3.63) is 0 Å². The highest BCUT2D eigenvalue weighted by Gasteiger charge is 2.27. The summed E-state index contributed by atoms with van der Waals surface area (Å²) in [5, 5.41) is 9.05. The van der Waals surface area contributed by atoms with Gasteiger partial charge in [-0.2, -0.15) is 11.8 Å². The second kappa shape index (κ2) is 8.78. The van der Waals surface area contributed by atoms with E-state index in [1.54, 1.807) is 25.7 Å². The molecule has 0 aromatic carbocycles. The molecule has 0 fully saturated rings. The van der Waals surface area contributed by atoms with Crippen LogP contribution in [-0.4, -0.2) is 67.8 Å². The number of carbonyl (C=O) groups excluding carboxylic acids is 1. The highest BCUT2D eigenvalue weighted by molar-refractivity contribution is 7.98. The van der Waals surface area contributed by atoms with Crippen LogP contribution in [0.3, 0.4) is 0 Å². The third-order valence-corrected chi connectivity index (χ3v) is 4.93. The van der Waals surface area contributed by atoms with Crippen LogP contribution in [0.1, 0.15) is 20.3 Å². The number of carbonyl (C=O) groups is 1. The summed E-state index contributed by atoms with van der Waals surface area (Å²) >= 11 is 1.55. The van der Waals surface area contributed by atoms with Crippen LogP contribution in [0, 0.1) is 0 Å². The van der Waals surface area contributed by atoms with Gasteiger partial charge in [0.25, 0.3) is 0 Å². The first kappa shape index (κ1) is 18.7. The Morgan fingerprint density at radius 2 is 2.05 bits per heavy atom. The number of nitrogens with one attached hydrogen (secondary N) is 1. The van der Waals surface area contributed by atoms with Crippen LogP contribution in [0.25, 0.3) is 0 Å². The Morgan fingerprint density at radius 3 is 2.47 bits per heavy atom. The zero-order valence-corrected chi connectivity index (χ0v) is 13.6. The molecule has 0 saturated carbocycles. The number of hydrogen-bond donors (Lipinski definition) is 2. The summed E-state index contributed by atoms with van der Waals surface area (Å²) in [6.45, 7) is 3.08. The van der Waals surface area contributed by atoms with Crippen LogP contribution in [-0.2, 0) is 14.8 Å². The summed E-state index contributed by atoms with van der Waals surface area (Å²) < 4.78 is 25.6. The second-order valence-corrected chi connectivity index (χ2v) is 7.36. The molecular formula is C11H24N2O4S2. The fourth-order valence-corrected chi connectivity index (χ4v) is 2.64. The Kier molecular flexibility index (Phi) is 8.64. The summed E-state index contributed by atoms with van der Waals surface area (Å²) in [5.74, 6) is 0.312. The molecule has 0 rings (SSSR count). The molecule has 2 N–H and O–H groups in total. The molecule has 114 valence electrons. The zero-order chi connectivity index (χ0) is 15.1. The minimum Gasteiger partial charge on any atom is -0.394 e. The second-order valence-electron chi connectivity index (χ2n) is 4.34. The molecule has 2 unspecified atom stereocenters. The third-order valence-electron chi connectivity index (χ3n) is 2.88. The van der Waals surface area contributed by atoms with Crippen LogP contribution >= 0.6 is 11.8 Å². The summed E-state index contributed by atoms with van der Waals surface area (Å²) in [4.78, 5) is 13.6. The lowest BCUT2D eigenvalue weighted by atomic mass is 10.2. The van der Waals surface area contributed by atoms with E-state index in [1.165, 1.54) is 11.8 Å². The molecule has 0 saturated heterocycles. The van der Waals surface area contributed by atoms with Gasteiger partial charge in [0, 0.05) is 7.05 Å². The molecule has 0 heterocycles. The topological polar surface area (TPSA) is 86.7 Å². The highest BCUT2D eigenvalue weighted by atomic mass is 32.2. The van der Waals surface area contributed by atoms with Gasteiger partial charge in [-0.05, 0) is 32.3 Å². The Bertz CT molecular complexity index is 373.